The van der Waals surface area contributed by atoms with E-state index < -0.39 is 0 Å². The number of hydrogen-bond acceptors (Lipinski definition) is 5. The van der Waals surface area contributed by atoms with Crippen molar-refractivity contribution in [2.45, 2.75) is 51.6 Å². The molecule has 1 fully saturated rings. The molecule has 0 aliphatic heterocycles. The summed E-state index contributed by atoms with van der Waals surface area (Å²) in [6.45, 7) is 4.17. The van der Waals surface area contributed by atoms with Crippen molar-refractivity contribution < 1.29 is 2.85 Å². The second-order valence-electron chi connectivity index (χ2n) is 7.10. The third-order valence-electron chi connectivity index (χ3n) is 4.56. The van der Waals surface area contributed by atoms with E-state index in [1.807, 2.05) is 30.3 Å². The standard InChI is InChI=1S/C20H24N5.2H2/c1-13(2)21-19-23-18(14-7-4-3-5-8-14)24-20(25-19)22-17-10-6-9-15-11-16(15)12-17;;/h3-5,7-8,11,13,17H,6,9-10,12H2,1-2H3,(H2,21,22,23,24,25);2*1H. The maximum atomic E-state index is 4.67. The van der Waals surface area contributed by atoms with Crippen LogP contribution in [0.2, 0.25) is 0 Å². The lowest BCUT2D eigenvalue weighted by molar-refractivity contribution is 0.634. The molecule has 1 atom stereocenters. The predicted octanol–water partition coefficient (Wildman–Crippen LogP) is 4.72. The van der Waals surface area contributed by atoms with Gasteiger partial charge in [0.15, 0.2) is 5.82 Å². The minimum absolute atomic E-state index is 0. The van der Waals surface area contributed by atoms with Crippen LogP contribution >= 0.6 is 0 Å². The number of anilines is 2. The van der Waals surface area contributed by atoms with Gasteiger partial charge in [-0.05, 0) is 33.1 Å². The SMILES string of the molecule is CC(C)Nc1nc(NC2CCC[C]3C=C3C2)nc(-c2ccccc2)n1.[HH].[HH]. The first-order chi connectivity index (χ1) is 12.2. The van der Waals surface area contributed by atoms with Crippen molar-refractivity contribution in [3.63, 3.8) is 0 Å². The third kappa shape index (κ3) is 3.98. The van der Waals surface area contributed by atoms with Crippen LogP contribution < -0.4 is 10.6 Å². The Kier molecular flexibility index (Phi) is 4.38. The van der Waals surface area contributed by atoms with Gasteiger partial charge < -0.3 is 10.6 Å². The van der Waals surface area contributed by atoms with Crippen molar-refractivity contribution in [2.24, 2.45) is 0 Å². The zero-order chi connectivity index (χ0) is 17.2. The van der Waals surface area contributed by atoms with E-state index in [-0.39, 0.29) is 8.90 Å². The van der Waals surface area contributed by atoms with Crippen LogP contribution in [-0.2, 0) is 0 Å². The van der Waals surface area contributed by atoms with E-state index in [1.54, 1.807) is 5.92 Å². The Morgan fingerprint density at radius 3 is 2.68 bits per heavy atom. The molecule has 1 aromatic heterocycles. The highest BCUT2D eigenvalue weighted by Crippen LogP contribution is 2.42. The highest BCUT2D eigenvalue weighted by molar-refractivity contribution is 5.58. The molecule has 0 bridgehead atoms. The van der Waals surface area contributed by atoms with Crippen LogP contribution in [0.3, 0.4) is 0 Å². The second kappa shape index (κ2) is 6.82. The summed E-state index contributed by atoms with van der Waals surface area (Å²) in [7, 11) is 0. The second-order valence-corrected chi connectivity index (χ2v) is 7.10. The predicted molar refractivity (Wildman–Crippen MR) is 105 cm³/mol. The third-order valence-corrected chi connectivity index (χ3v) is 4.56. The fraction of sp³-hybridized carbons (Fsp3) is 0.400. The Labute approximate surface area is 152 Å². The molecule has 1 heterocycles. The van der Waals surface area contributed by atoms with E-state index in [1.165, 1.54) is 18.4 Å². The molecule has 1 radical (unpaired) electrons. The number of nitrogens with one attached hydrogen (secondary N) is 2. The molecular formula is C20H28N5. The van der Waals surface area contributed by atoms with Gasteiger partial charge >= 0.3 is 0 Å². The van der Waals surface area contributed by atoms with Gasteiger partial charge in [0.25, 0.3) is 0 Å². The van der Waals surface area contributed by atoms with Gasteiger partial charge in [-0.1, -0.05) is 48.4 Å². The summed E-state index contributed by atoms with van der Waals surface area (Å²) in [5.74, 6) is 3.55. The highest BCUT2D eigenvalue weighted by Gasteiger charge is 2.31. The van der Waals surface area contributed by atoms with Crippen LogP contribution in [0.5, 0.6) is 0 Å². The molecule has 0 amide bonds. The van der Waals surface area contributed by atoms with Gasteiger partial charge in [-0.2, -0.15) is 15.0 Å². The minimum atomic E-state index is 0. The summed E-state index contributed by atoms with van der Waals surface area (Å²) in [6.07, 6.45) is 7.00. The number of rotatable bonds is 5. The fourth-order valence-corrected chi connectivity index (χ4v) is 3.29. The van der Waals surface area contributed by atoms with Gasteiger partial charge in [0.1, 0.15) is 0 Å². The van der Waals surface area contributed by atoms with Crippen molar-refractivity contribution in [3.05, 3.63) is 47.9 Å². The summed E-state index contributed by atoms with van der Waals surface area (Å²) in [4.78, 5) is 13.9. The van der Waals surface area contributed by atoms with Gasteiger partial charge in [0.05, 0.1) is 0 Å². The van der Waals surface area contributed by atoms with Gasteiger partial charge in [-0.3, -0.25) is 0 Å². The van der Waals surface area contributed by atoms with Crippen molar-refractivity contribution in [3.8, 4) is 11.4 Å². The lowest BCUT2D eigenvalue weighted by Crippen LogP contribution is -2.22. The van der Waals surface area contributed by atoms with Crippen LogP contribution in [0.4, 0.5) is 11.9 Å². The molecule has 0 saturated heterocycles. The molecule has 5 nitrogen and oxygen atoms in total. The maximum absolute atomic E-state index is 4.67. The molecular weight excluding hydrogens is 310 g/mol. The Morgan fingerprint density at radius 2 is 1.88 bits per heavy atom. The summed E-state index contributed by atoms with van der Waals surface area (Å²) < 4.78 is 0. The molecule has 1 aromatic carbocycles. The van der Waals surface area contributed by atoms with E-state index in [2.05, 4.69) is 45.5 Å². The van der Waals surface area contributed by atoms with Crippen molar-refractivity contribution in [2.75, 3.05) is 10.6 Å². The normalized spacial score (nSPS) is 19.8. The minimum Gasteiger partial charge on any atom is -0.352 e. The molecule has 1 saturated carbocycles. The lowest BCUT2D eigenvalue weighted by atomic mass is 10.1. The Hall–Kier alpha value is -2.43. The molecule has 0 spiro atoms. The molecule has 2 aliphatic rings. The average molecular weight is 338 g/mol. The van der Waals surface area contributed by atoms with E-state index in [4.69, 9.17) is 0 Å². The Bertz CT molecular complexity index is 779. The molecule has 2 N–H and O–H groups in total. The fourth-order valence-electron chi connectivity index (χ4n) is 3.29. The monoisotopic (exact) mass is 338 g/mol. The topological polar surface area (TPSA) is 62.7 Å². The number of benzene rings is 1. The number of nitrogens with zero attached hydrogens (tertiary/aromatic N) is 3. The summed E-state index contributed by atoms with van der Waals surface area (Å²) in [5.41, 5.74) is 2.52. The molecule has 133 valence electrons. The molecule has 25 heavy (non-hydrogen) atoms. The zero-order valence-electron chi connectivity index (χ0n) is 14.8. The van der Waals surface area contributed by atoms with Crippen molar-refractivity contribution in [1.82, 2.24) is 15.0 Å². The number of hydrogen-bond donors (Lipinski definition) is 2. The molecule has 1 unspecified atom stereocenters. The van der Waals surface area contributed by atoms with Crippen LogP contribution in [0.1, 0.15) is 42.4 Å². The smallest absolute Gasteiger partial charge is 0.228 e. The van der Waals surface area contributed by atoms with Crippen LogP contribution in [0.25, 0.3) is 11.4 Å². The molecule has 2 aliphatic carbocycles. The summed E-state index contributed by atoms with van der Waals surface area (Å²) in [5, 5.41) is 6.85. The first-order valence-electron chi connectivity index (χ1n) is 9.09. The van der Waals surface area contributed by atoms with Crippen molar-refractivity contribution in [1.29, 1.82) is 0 Å². The summed E-state index contributed by atoms with van der Waals surface area (Å²) >= 11 is 0. The molecule has 4 rings (SSSR count). The zero-order valence-corrected chi connectivity index (χ0v) is 14.8. The van der Waals surface area contributed by atoms with E-state index >= 15 is 0 Å². The Balaban J connectivity index is 0.00000131. The lowest BCUT2D eigenvalue weighted by Gasteiger charge is -2.17. The largest absolute Gasteiger partial charge is 0.352 e. The van der Waals surface area contributed by atoms with Gasteiger partial charge in [0.2, 0.25) is 11.9 Å². The average Bonchev–Trinajstić information content (AvgIpc) is 3.33. The molecule has 5 heteroatoms. The number of allylic oxidation sites excluding steroid dienone is 1. The first-order valence-corrected chi connectivity index (χ1v) is 9.09. The Morgan fingerprint density at radius 1 is 1.08 bits per heavy atom. The quantitative estimate of drug-likeness (QED) is 0.826. The first kappa shape index (κ1) is 16.1. The van der Waals surface area contributed by atoms with Gasteiger partial charge in [-0.15, -0.1) is 0 Å². The maximum Gasteiger partial charge on any atom is 0.228 e. The molecule has 2 aromatic rings. The van der Waals surface area contributed by atoms with E-state index in [0.29, 0.717) is 23.8 Å². The summed E-state index contributed by atoms with van der Waals surface area (Å²) in [6, 6.07) is 10.7. The van der Waals surface area contributed by atoms with Crippen LogP contribution in [0, 0.1) is 5.92 Å². The van der Waals surface area contributed by atoms with Crippen LogP contribution in [-0.4, -0.2) is 27.0 Å². The van der Waals surface area contributed by atoms with E-state index in [9.17, 15) is 0 Å². The van der Waals surface area contributed by atoms with Gasteiger partial charge in [0, 0.05) is 26.4 Å². The van der Waals surface area contributed by atoms with Crippen molar-refractivity contribution >= 4 is 11.9 Å². The van der Waals surface area contributed by atoms with Gasteiger partial charge in [-0.25, -0.2) is 0 Å². The van der Waals surface area contributed by atoms with Crippen LogP contribution in [0.15, 0.2) is 42.0 Å². The number of aromatic nitrogens is 3. The highest BCUT2D eigenvalue weighted by atomic mass is 15.2. The number of fused-ring (bicyclic) bond motifs is 1. The van der Waals surface area contributed by atoms with E-state index in [0.717, 1.165) is 18.4 Å².